The van der Waals surface area contributed by atoms with Crippen LogP contribution >= 0.6 is 11.8 Å². The van der Waals surface area contributed by atoms with E-state index in [2.05, 4.69) is 5.32 Å². The maximum absolute atomic E-state index is 13.5. The lowest BCUT2D eigenvalue weighted by Gasteiger charge is -2.30. The standard InChI is InChI=1S/C25H36F3N3O3S/c1-6-10-29-13-18(32)15-31-20-12-17(25(26,27)28)7-8-19(20)21-16(9-11-35-22(21)31)14-30(5)23(33)34-24(2,3)4/h7-8,12,16,18,29,32H,6,9-11,13-15H2,1-5H3. The number of carbonyl (C=O) groups is 1. The summed E-state index contributed by atoms with van der Waals surface area (Å²) in [5.74, 6) is 0.714. The van der Waals surface area contributed by atoms with E-state index >= 15 is 0 Å². The van der Waals surface area contributed by atoms with Crippen LogP contribution in [0.4, 0.5) is 18.0 Å². The van der Waals surface area contributed by atoms with Gasteiger partial charge in [-0.2, -0.15) is 13.2 Å². The van der Waals surface area contributed by atoms with Crippen molar-refractivity contribution >= 4 is 28.8 Å². The van der Waals surface area contributed by atoms with Crippen LogP contribution in [0.25, 0.3) is 10.9 Å². The van der Waals surface area contributed by atoms with Crippen molar-refractivity contribution in [3.8, 4) is 0 Å². The lowest BCUT2D eigenvalue weighted by Crippen LogP contribution is -2.37. The Balaban J connectivity index is 2.00. The number of ether oxygens (including phenoxy) is 1. The minimum absolute atomic E-state index is 0.0559. The number of alkyl halides is 3. The van der Waals surface area contributed by atoms with E-state index in [0.29, 0.717) is 18.6 Å². The molecule has 0 aliphatic carbocycles. The number of nitrogens with one attached hydrogen (secondary N) is 1. The van der Waals surface area contributed by atoms with Crippen LogP contribution in [0.5, 0.6) is 0 Å². The van der Waals surface area contributed by atoms with E-state index in [-0.39, 0.29) is 12.5 Å². The quantitative estimate of drug-likeness (QED) is 0.457. The number of thioether (sulfide) groups is 1. The second-order valence-electron chi connectivity index (χ2n) is 10.1. The maximum atomic E-state index is 13.5. The highest BCUT2D eigenvalue weighted by atomic mass is 32.2. The molecule has 10 heteroatoms. The van der Waals surface area contributed by atoms with Gasteiger partial charge in [-0.05, 0) is 57.9 Å². The first-order valence-electron chi connectivity index (χ1n) is 12.0. The Morgan fingerprint density at radius 3 is 2.69 bits per heavy atom. The molecule has 2 N–H and O–H groups in total. The lowest BCUT2D eigenvalue weighted by atomic mass is 9.94. The van der Waals surface area contributed by atoms with Crippen LogP contribution in [0.15, 0.2) is 23.2 Å². The number of aliphatic hydroxyl groups excluding tert-OH is 1. The van der Waals surface area contributed by atoms with Crippen molar-refractivity contribution in [3.63, 3.8) is 0 Å². The third-order valence-electron chi connectivity index (χ3n) is 5.89. The fourth-order valence-corrected chi connectivity index (χ4v) is 5.71. The second-order valence-corrected chi connectivity index (χ2v) is 11.2. The summed E-state index contributed by atoms with van der Waals surface area (Å²) in [6, 6.07) is 3.82. The molecule has 1 aliphatic rings. The van der Waals surface area contributed by atoms with Crippen LogP contribution in [-0.2, 0) is 17.5 Å². The number of hydrogen-bond donors (Lipinski definition) is 2. The molecule has 0 spiro atoms. The van der Waals surface area contributed by atoms with E-state index in [9.17, 15) is 23.1 Å². The van der Waals surface area contributed by atoms with Gasteiger partial charge in [0.2, 0.25) is 0 Å². The van der Waals surface area contributed by atoms with Crippen molar-refractivity contribution in [3.05, 3.63) is 29.3 Å². The summed E-state index contributed by atoms with van der Waals surface area (Å²) in [5.41, 5.74) is 0.0603. The predicted molar refractivity (Wildman–Crippen MR) is 133 cm³/mol. The first-order chi connectivity index (χ1) is 16.3. The molecule has 2 unspecified atom stereocenters. The van der Waals surface area contributed by atoms with Crippen molar-refractivity contribution in [2.45, 2.75) is 75.9 Å². The molecule has 3 rings (SSSR count). The zero-order valence-electron chi connectivity index (χ0n) is 21.0. The SMILES string of the molecule is CCCNCC(O)Cn1c2c(c3ccc(C(F)(F)F)cc31)C(CN(C)C(=O)OC(C)(C)C)CCS2. The molecular formula is C25H36F3N3O3S. The zero-order valence-corrected chi connectivity index (χ0v) is 21.9. The maximum Gasteiger partial charge on any atom is 0.416 e. The third-order valence-corrected chi connectivity index (χ3v) is 7.05. The number of rotatable bonds is 8. The van der Waals surface area contributed by atoms with Crippen LogP contribution in [0.3, 0.4) is 0 Å². The third kappa shape index (κ3) is 6.86. The molecular weight excluding hydrogens is 479 g/mol. The minimum atomic E-state index is -4.46. The lowest BCUT2D eigenvalue weighted by molar-refractivity contribution is -0.137. The van der Waals surface area contributed by atoms with E-state index in [1.807, 2.05) is 11.5 Å². The number of benzene rings is 1. The molecule has 0 saturated carbocycles. The molecule has 2 heterocycles. The molecule has 196 valence electrons. The minimum Gasteiger partial charge on any atom is -0.444 e. The van der Waals surface area contributed by atoms with Gasteiger partial charge < -0.3 is 24.6 Å². The van der Waals surface area contributed by atoms with Gasteiger partial charge in [0.25, 0.3) is 0 Å². The summed E-state index contributed by atoms with van der Waals surface area (Å²) in [4.78, 5) is 14.1. The molecule has 1 aromatic heterocycles. The fraction of sp³-hybridized carbons (Fsp3) is 0.640. The summed E-state index contributed by atoms with van der Waals surface area (Å²) in [7, 11) is 1.68. The molecule has 0 saturated heterocycles. The van der Waals surface area contributed by atoms with Crippen LogP contribution in [0.1, 0.15) is 57.6 Å². The Morgan fingerprint density at radius 2 is 2.06 bits per heavy atom. The average Bonchev–Trinajstić information content (AvgIpc) is 3.06. The molecule has 1 aliphatic heterocycles. The van der Waals surface area contributed by atoms with E-state index in [1.165, 1.54) is 17.0 Å². The number of amides is 1. The molecule has 0 radical (unpaired) electrons. The van der Waals surface area contributed by atoms with Crippen molar-refractivity contribution in [2.24, 2.45) is 0 Å². The first-order valence-corrected chi connectivity index (χ1v) is 13.0. The van der Waals surface area contributed by atoms with Gasteiger partial charge in [0.15, 0.2) is 0 Å². The molecule has 2 atom stereocenters. The van der Waals surface area contributed by atoms with Crippen LogP contribution < -0.4 is 5.32 Å². The second kappa shape index (κ2) is 11.0. The van der Waals surface area contributed by atoms with Gasteiger partial charge >= 0.3 is 12.3 Å². The monoisotopic (exact) mass is 515 g/mol. The van der Waals surface area contributed by atoms with Crippen LogP contribution in [0.2, 0.25) is 0 Å². The fourth-order valence-electron chi connectivity index (χ4n) is 4.35. The molecule has 1 aromatic carbocycles. The van der Waals surface area contributed by atoms with Gasteiger partial charge in [-0.3, -0.25) is 0 Å². The van der Waals surface area contributed by atoms with Gasteiger partial charge in [-0.1, -0.05) is 13.0 Å². The normalized spacial score (nSPS) is 17.3. The molecule has 6 nitrogen and oxygen atoms in total. The van der Waals surface area contributed by atoms with Crippen LogP contribution in [-0.4, -0.2) is 64.8 Å². The van der Waals surface area contributed by atoms with Gasteiger partial charge in [0, 0.05) is 42.7 Å². The van der Waals surface area contributed by atoms with Crippen molar-refractivity contribution < 1.29 is 27.8 Å². The summed E-state index contributed by atoms with van der Waals surface area (Å²) in [6.07, 6.45) is -3.94. The molecule has 0 fully saturated rings. The van der Waals surface area contributed by atoms with Crippen molar-refractivity contribution in [1.82, 2.24) is 14.8 Å². The average molecular weight is 516 g/mol. The Kier molecular flexibility index (Phi) is 8.70. The summed E-state index contributed by atoms with van der Waals surface area (Å²) >= 11 is 1.59. The van der Waals surface area contributed by atoms with E-state index < -0.39 is 29.5 Å². The largest absolute Gasteiger partial charge is 0.444 e. The highest BCUT2D eigenvalue weighted by Gasteiger charge is 2.34. The van der Waals surface area contributed by atoms with Gasteiger partial charge in [-0.15, -0.1) is 11.8 Å². The first kappa shape index (κ1) is 27.7. The van der Waals surface area contributed by atoms with Gasteiger partial charge in [-0.25, -0.2) is 4.79 Å². The topological polar surface area (TPSA) is 66.7 Å². The Hall–Kier alpha value is -1.91. The molecule has 35 heavy (non-hydrogen) atoms. The number of carbonyl (C=O) groups excluding carboxylic acids is 1. The number of aliphatic hydroxyl groups is 1. The number of nitrogens with zero attached hydrogens (tertiary/aromatic N) is 2. The number of halogens is 3. The Bertz CT molecular complexity index is 1030. The number of aromatic nitrogens is 1. The predicted octanol–water partition coefficient (Wildman–Crippen LogP) is 5.47. The number of likely N-dealkylation sites (N-methyl/N-ethyl adjacent to an activating group) is 1. The summed E-state index contributed by atoms with van der Waals surface area (Å²) in [5, 5.41) is 15.4. The summed E-state index contributed by atoms with van der Waals surface area (Å²) in [6.45, 7) is 9.14. The highest BCUT2D eigenvalue weighted by Crippen LogP contribution is 2.45. The van der Waals surface area contributed by atoms with Gasteiger partial charge in [0.05, 0.1) is 23.2 Å². The van der Waals surface area contributed by atoms with Crippen molar-refractivity contribution in [1.29, 1.82) is 0 Å². The molecule has 0 bridgehead atoms. The van der Waals surface area contributed by atoms with Gasteiger partial charge in [0.1, 0.15) is 5.60 Å². The molecule has 2 aromatic rings. The highest BCUT2D eigenvalue weighted by molar-refractivity contribution is 7.99. The Labute approximate surface area is 209 Å². The molecule has 1 amide bonds. The van der Waals surface area contributed by atoms with E-state index in [4.69, 9.17) is 4.74 Å². The van der Waals surface area contributed by atoms with Crippen molar-refractivity contribution in [2.75, 3.05) is 32.4 Å². The number of fused-ring (bicyclic) bond motifs is 3. The van der Waals surface area contributed by atoms with Crippen LogP contribution in [0, 0.1) is 0 Å². The summed E-state index contributed by atoms with van der Waals surface area (Å²) < 4.78 is 47.9. The van der Waals surface area contributed by atoms with E-state index in [0.717, 1.165) is 47.2 Å². The Morgan fingerprint density at radius 1 is 1.34 bits per heavy atom. The zero-order chi connectivity index (χ0) is 26.0. The smallest absolute Gasteiger partial charge is 0.416 e. The number of hydrogen-bond acceptors (Lipinski definition) is 5. The van der Waals surface area contributed by atoms with E-state index in [1.54, 1.807) is 39.6 Å².